The van der Waals surface area contributed by atoms with Crippen molar-refractivity contribution in [2.75, 3.05) is 6.54 Å². The number of hydrogen-bond donors (Lipinski definition) is 0. The minimum Gasteiger partial charge on any atom is -0.295 e. The second-order valence-electron chi connectivity index (χ2n) is 1.82. The van der Waals surface area contributed by atoms with Crippen LogP contribution in [0.2, 0.25) is 0 Å². The standard InChI is InChI=1S/C7H14N/c1-4-6-7(3)8-5-2/h4H,5-6H2,1-3H3. The zero-order valence-corrected chi connectivity index (χ0v) is 5.94. The van der Waals surface area contributed by atoms with Crippen LogP contribution in [0.5, 0.6) is 0 Å². The molecule has 0 aliphatic carbocycles. The summed E-state index contributed by atoms with van der Waals surface area (Å²) < 4.78 is 0. The Labute approximate surface area is 51.8 Å². The molecule has 47 valence electrons. The summed E-state index contributed by atoms with van der Waals surface area (Å²) in [6, 6.07) is 0. The lowest BCUT2D eigenvalue weighted by molar-refractivity contribution is 1.10. The second kappa shape index (κ2) is 4.82. The highest BCUT2D eigenvalue weighted by Crippen LogP contribution is 1.88. The van der Waals surface area contributed by atoms with E-state index in [4.69, 9.17) is 0 Å². The molecule has 1 nitrogen and oxygen atoms in total. The van der Waals surface area contributed by atoms with Crippen molar-refractivity contribution in [3.63, 3.8) is 0 Å². The van der Waals surface area contributed by atoms with E-state index >= 15 is 0 Å². The van der Waals surface area contributed by atoms with Gasteiger partial charge in [0.2, 0.25) is 0 Å². The monoisotopic (exact) mass is 112 g/mol. The first-order valence-electron chi connectivity index (χ1n) is 3.09. The maximum atomic E-state index is 4.20. The van der Waals surface area contributed by atoms with E-state index in [9.17, 15) is 0 Å². The Kier molecular flexibility index (Phi) is 4.62. The largest absolute Gasteiger partial charge is 0.295 e. The van der Waals surface area contributed by atoms with Gasteiger partial charge in [-0.1, -0.05) is 6.92 Å². The van der Waals surface area contributed by atoms with E-state index in [0.717, 1.165) is 13.0 Å². The zero-order chi connectivity index (χ0) is 6.41. The van der Waals surface area contributed by atoms with Crippen molar-refractivity contribution in [3.05, 3.63) is 6.42 Å². The van der Waals surface area contributed by atoms with Gasteiger partial charge in [0.05, 0.1) is 0 Å². The first-order chi connectivity index (χ1) is 3.81. The van der Waals surface area contributed by atoms with Crippen LogP contribution in [0.25, 0.3) is 0 Å². The first-order valence-corrected chi connectivity index (χ1v) is 3.09. The molecule has 0 aliphatic heterocycles. The molecule has 0 aromatic rings. The van der Waals surface area contributed by atoms with Gasteiger partial charge < -0.3 is 0 Å². The summed E-state index contributed by atoms with van der Waals surface area (Å²) in [6.45, 7) is 7.08. The van der Waals surface area contributed by atoms with E-state index in [1.165, 1.54) is 5.71 Å². The summed E-state index contributed by atoms with van der Waals surface area (Å²) in [5, 5.41) is 0. The first kappa shape index (κ1) is 7.67. The van der Waals surface area contributed by atoms with Crippen LogP contribution >= 0.6 is 0 Å². The van der Waals surface area contributed by atoms with Crippen LogP contribution in [-0.2, 0) is 0 Å². The lowest BCUT2D eigenvalue weighted by Crippen LogP contribution is -1.90. The molecular weight excluding hydrogens is 98.1 g/mol. The number of aliphatic imine (C=N–C) groups is 1. The molecule has 1 radical (unpaired) electrons. The van der Waals surface area contributed by atoms with Crippen LogP contribution in [0.3, 0.4) is 0 Å². The van der Waals surface area contributed by atoms with Crippen molar-refractivity contribution in [3.8, 4) is 0 Å². The molecule has 0 aliphatic rings. The normalized spacial score (nSPS) is 12.1. The lowest BCUT2D eigenvalue weighted by atomic mass is 10.2. The third kappa shape index (κ3) is 3.85. The molecule has 0 fully saturated rings. The third-order valence-corrected chi connectivity index (χ3v) is 0.928. The molecule has 0 N–H and O–H groups in total. The van der Waals surface area contributed by atoms with Gasteiger partial charge in [0.1, 0.15) is 0 Å². The van der Waals surface area contributed by atoms with Crippen LogP contribution in [0.1, 0.15) is 27.2 Å². The maximum Gasteiger partial charge on any atom is 0.0360 e. The summed E-state index contributed by atoms with van der Waals surface area (Å²) in [5.41, 5.74) is 1.23. The Bertz CT molecular complexity index is 74.5. The van der Waals surface area contributed by atoms with Crippen molar-refractivity contribution in [1.29, 1.82) is 0 Å². The van der Waals surface area contributed by atoms with E-state index < -0.39 is 0 Å². The molecule has 0 bridgehead atoms. The van der Waals surface area contributed by atoms with E-state index in [1.807, 2.05) is 0 Å². The minimum absolute atomic E-state index is 0.916. The number of nitrogens with zero attached hydrogens (tertiary/aromatic N) is 1. The maximum absolute atomic E-state index is 4.20. The summed E-state index contributed by atoms with van der Waals surface area (Å²) >= 11 is 0. The quantitative estimate of drug-likeness (QED) is 0.496. The average molecular weight is 112 g/mol. The minimum atomic E-state index is 0.916. The highest BCUT2D eigenvalue weighted by atomic mass is 14.7. The predicted molar refractivity (Wildman–Crippen MR) is 38.2 cm³/mol. The molecule has 0 rings (SSSR count). The highest BCUT2D eigenvalue weighted by Gasteiger charge is 1.84. The van der Waals surface area contributed by atoms with Gasteiger partial charge in [0, 0.05) is 12.3 Å². The van der Waals surface area contributed by atoms with Crippen molar-refractivity contribution in [1.82, 2.24) is 0 Å². The van der Waals surface area contributed by atoms with Crippen molar-refractivity contribution in [2.45, 2.75) is 27.2 Å². The Morgan fingerprint density at radius 2 is 2.25 bits per heavy atom. The number of rotatable bonds is 3. The molecule has 0 aromatic carbocycles. The Morgan fingerprint density at radius 1 is 1.62 bits per heavy atom. The van der Waals surface area contributed by atoms with Crippen LogP contribution in [0, 0.1) is 6.42 Å². The fourth-order valence-corrected chi connectivity index (χ4v) is 0.630. The molecule has 0 heterocycles. The Morgan fingerprint density at radius 3 is 2.62 bits per heavy atom. The van der Waals surface area contributed by atoms with Crippen LogP contribution < -0.4 is 0 Å². The molecule has 0 spiro atoms. The summed E-state index contributed by atoms with van der Waals surface area (Å²) in [4.78, 5) is 4.20. The lowest BCUT2D eigenvalue weighted by Gasteiger charge is -1.92. The molecule has 0 aromatic heterocycles. The molecule has 0 amide bonds. The summed E-state index contributed by atoms with van der Waals surface area (Å²) in [5.74, 6) is 0. The molecule has 0 saturated carbocycles. The topological polar surface area (TPSA) is 12.4 Å². The predicted octanol–water partition coefficient (Wildman–Crippen LogP) is 2.08. The van der Waals surface area contributed by atoms with Gasteiger partial charge >= 0.3 is 0 Å². The molecule has 0 atom stereocenters. The van der Waals surface area contributed by atoms with E-state index in [2.05, 4.69) is 32.2 Å². The van der Waals surface area contributed by atoms with Gasteiger partial charge in [-0.3, -0.25) is 4.99 Å². The van der Waals surface area contributed by atoms with Crippen LogP contribution in [-0.4, -0.2) is 12.3 Å². The van der Waals surface area contributed by atoms with Crippen LogP contribution in [0.15, 0.2) is 4.99 Å². The second-order valence-corrected chi connectivity index (χ2v) is 1.82. The van der Waals surface area contributed by atoms with Crippen LogP contribution in [0.4, 0.5) is 0 Å². The summed E-state index contributed by atoms with van der Waals surface area (Å²) in [7, 11) is 0. The summed E-state index contributed by atoms with van der Waals surface area (Å²) in [6.07, 6.45) is 3.16. The molecule has 0 unspecified atom stereocenters. The van der Waals surface area contributed by atoms with E-state index in [-0.39, 0.29) is 0 Å². The van der Waals surface area contributed by atoms with Gasteiger partial charge in [0.25, 0.3) is 0 Å². The highest BCUT2D eigenvalue weighted by molar-refractivity contribution is 5.82. The van der Waals surface area contributed by atoms with E-state index in [0.29, 0.717) is 0 Å². The van der Waals surface area contributed by atoms with Crippen molar-refractivity contribution in [2.24, 2.45) is 4.99 Å². The molecule has 1 heteroatoms. The number of hydrogen-bond acceptors (Lipinski definition) is 1. The Hall–Kier alpha value is -0.330. The van der Waals surface area contributed by atoms with Gasteiger partial charge in [-0.2, -0.15) is 0 Å². The molecule has 0 saturated heterocycles. The molecule has 8 heavy (non-hydrogen) atoms. The smallest absolute Gasteiger partial charge is 0.0360 e. The van der Waals surface area contributed by atoms with Crippen molar-refractivity contribution >= 4 is 5.71 Å². The van der Waals surface area contributed by atoms with Gasteiger partial charge in [-0.05, 0) is 26.7 Å². The average Bonchev–Trinajstić information content (AvgIpc) is 1.68. The third-order valence-electron chi connectivity index (χ3n) is 0.928. The van der Waals surface area contributed by atoms with Crippen molar-refractivity contribution < 1.29 is 0 Å². The van der Waals surface area contributed by atoms with E-state index in [1.54, 1.807) is 0 Å². The SMILES string of the molecule is C[CH]CC(C)=NCC. The fraction of sp³-hybridized carbons (Fsp3) is 0.714. The van der Waals surface area contributed by atoms with Gasteiger partial charge in [0.15, 0.2) is 0 Å². The fourth-order valence-electron chi connectivity index (χ4n) is 0.630. The molecular formula is C7H14N. The Balaban J connectivity index is 3.29. The zero-order valence-electron chi connectivity index (χ0n) is 5.94. The van der Waals surface area contributed by atoms with Gasteiger partial charge in [-0.25, -0.2) is 0 Å². The van der Waals surface area contributed by atoms with Gasteiger partial charge in [-0.15, -0.1) is 0 Å².